The first-order chi connectivity index (χ1) is 16.5. The topological polar surface area (TPSA) is 82.6 Å². The van der Waals surface area contributed by atoms with E-state index in [0.29, 0.717) is 44.5 Å². The van der Waals surface area contributed by atoms with Crippen LogP contribution in [-0.4, -0.2) is 42.8 Å². The third-order valence-electron chi connectivity index (χ3n) is 5.01. The molecule has 1 heterocycles. The van der Waals surface area contributed by atoms with Gasteiger partial charge in [-0.2, -0.15) is 0 Å². The summed E-state index contributed by atoms with van der Waals surface area (Å²) in [6, 6.07) is 18.1. The number of Topliss-reactive ketones (excluding diaryl/α,β-unsaturated/α-hetero) is 1. The van der Waals surface area contributed by atoms with Crippen LogP contribution in [0.5, 0.6) is 17.2 Å². The van der Waals surface area contributed by atoms with Crippen molar-refractivity contribution in [2.24, 2.45) is 0 Å². The highest BCUT2D eigenvalue weighted by Gasteiger charge is 2.16. The molecule has 174 valence electrons. The van der Waals surface area contributed by atoms with Crippen LogP contribution in [0.4, 0.5) is 11.5 Å². The van der Waals surface area contributed by atoms with Crippen LogP contribution < -0.4 is 19.5 Å². The number of ketones is 1. The number of ether oxygens (including phenoxy) is 3. The van der Waals surface area contributed by atoms with Gasteiger partial charge in [-0.05, 0) is 36.4 Å². The van der Waals surface area contributed by atoms with E-state index in [-0.39, 0.29) is 11.5 Å². The normalized spacial score (nSPS) is 10.7. The molecule has 0 bridgehead atoms. The number of halogens is 1. The van der Waals surface area contributed by atoms with Gasteiger partial charge in [-0.1, -0.05) is 35.5 Å². The third kappa shape index (κ3) is 5.18. The van der Waals surface area contributed by atoms with Gasteiger partial charge in [0.15, 0.2) is 22.4 Å². The molecule has 1 N–H and O–H groups in total. The van der Waals surface area contributed by atoms with Crippen molar-refractivity contribution in [3.05, 3.63) is 71.2 Å². The zero-order valence-electron chi connectivity index (χ0n) is 18.8. The number of nitrogens with one attached hydrogen (secondary N) is 1. The maximum atomic E-state index is 12.6. The van der Waals surface area contributed by atoms with E-state index in [9.17, 15) is 4.79 Å². The lowest BCUT2D eigenvalue weighted by atomic mass is 10.1. The SMILES string of the molecule is COc1cc(Nc2nc(SCC(=O)c3ccc(Cl)cc3)nc3ccccc23)cc(OC)c1OC. The average molecular weight is 496 g/mol. The summed E-state index contributed by atoms with van der Waals surface area (Å²) in [5.41, 5.74) is 2.05. The van der Waals surface area contributed by atoms with Crippen molar-refractivity contribution in [3.8, 4) is 17.2 Å². The lowest BCUT2D eigenvalue weighted by Gasteiger charge is -2.16. The fraction of sp³-hybridized carbons (Fsp3) is 0.160. The van der Waals surface area contributed by atoms with Crippen LogP contribution in [0, 0.1) is 0 Å². The van der Waals surface area contributed by atoms with Gasteiger partial charge in [-0.3, -0.25) is 4.79 Å². The molecular weight excluding hydrogens is 474 g/mol. The monoisotopic (exact) mass is 495 g/mol. The lowest BCUT2D eigenvalue weighted by Crippen LogP contribution is -2.04. The summed E-state index contributed by atoms with van der Waals surface area (Å²) in [7, 11) is 4.68. The molecule has 0 radical (unpaired) electrons. The Kier molecular flexibility index (Phi) is 7.40. The number of carbonyl (C=O) groups is 1. The number of aromatic nitrogens is 2. The van der Waals surface area contributed by atoms with Gasteiger partial charge in [0.1, 0.15) is 5.82 Å². The molecule has 7 nitrogen and oxygen atoms in total. The van der Waals surface area contributed by atoms with Gasteiger partial charge >= 0.3 is 0 Å². The molecule has 0 amide bonds. The number of thioether (sulfide) groups is 1. The van der Waals surface area contributed by atoms with Crippen molar-refractivity contribution in [1.82, 2.24) is 9.97 Å². The summed E-state index contributed by atoms with van der Waals surface area (Å²) in [6.45, 7) is 0. The van der Waals surface area contributed by atoms with Crippen LogP contribution >= 0.6 is 23.4 Å². The predicted octanol–water partition coefficient (Wildman–Crippen LogP) is 6.03. The van der Waals surface area contributed by atoms with E-state index < -0.39 is 0 Å². The Labute approximate surface area is 206 Å². The summed E-state index contributed by atoms with van der Waals surface area (Å²) < 4.78 is 16.3. The van der Waals surface area contributed by atoms with Crippen molar-refractivity contribution in [3.63, 3.8) is 0 Å². The molecule has 0 unspecified atom stereocenters. The van der Waals surface area contributed by atoms with Crippen LogP contribution in [0.25, 0.3) is 10.9 Å². The van der Waals surface area contributed by atoms with Crippen LogP contribution in [0.15, 0.2) is 65.8 Å². The molecule has 0 aliphatic rings. The quantitative estimate of drug-likeness (QED) is 0.171. The first kappa shape index (κ1) is 23.7. The molecule has 0 spiro atoms. The van der Waals surface area contributed by atoms with Gasteiger partial charge in [0.05, 0.1) is 32.6 Å². The fourth-order valence-electron chi connectivity index (χ4n) is 3.35. The second-order valence-corrected chi connectivity index (χ2v) is 8.51. The number of benzene rings is 3. The van der Waals surface area contributed by atoms with E-state index >= 15 is 0 Å². The number of methoxy groups -OCH3 is 3. The number of hydrogen-bond acceptors (Lipinski definition) is 8. The van der Waals surface area contributed by atoms with Gasteiger partial charge < -0.3 is 19.5 Å². The van der Waals surface area contributed by atoms with E-state index in [1.165, 1.54) is 11.8 Å². The highest BCUT2D eigenvalue weighted by Crippen LogP contribution is 2.41. The molecule has 0 saturated heterocycles. The van der Waals surface area contributed by atoms with Gasteiger partial charge in [0, 0.05) is 33.8 Å². The summed E-state index contributed by atoms with van der Waals surface area (Å²) in [5, 5.41) is 5.24. The molecule has 0 saturated carbocycles. The minimum atomic E-state index is -0.0300. The molecule has 4 rings (SSSR count). The van der Waals surface area contributed by atoms with E-state index in [2.05, 4.69) is 15.3 Å². The molecule has 0 atom stereocenters. The first-order valence-electron chi connectivity index (χ1n) is 10.3. The predicted molar refractivity (Wildman–Crippen MR) is 135 cm³/mol. The Bertz CT molecular complexity index is 1310. The third-order valence-corrected chi connectivity index (χ3v) is 6.11. The van der Waals surface area contributed by atoms with Crippen LogP contribution in [-0.2, 0) is 0 Å². The van der Waals surface area contributed by atoms with Gasteiger partial charge in [-0.15, -0.1) is 0 Å². The van der Waals surface area contributed by atoms with Crippen molar-refractivity contribution in [1.29, 1.82) is 0 Å². The highest BCUT2D eigenvalue weighted by atomic mass is 35.5. The summed E-state index contributed by atoms with van der Waals surface area (Å²) in [4.78, 5) is 21.9. The Balaban J connectivity index is 1.64. The fourth-order valence-corrected chi connectivity index (χ4v) is 4.23. The Morgan fingerprint density at radius 2 is 1.62 bits per heavy atom. The molecule has 0 aliphatic heterocycles. The van der Waals surface area contributed by atoms with E-state index in [4.69, 9.17) is 25.8 Å². The average Bonchev–Trinajstić information content (AvgIpc) is 2.87. The highest BCUT2D eigenvalue weighted by molar-refractivity contribution is 7.99. The van der Waals surface area contributed by atoms with Gasteiger partial charge in [0.2, 0.25) is 5.75 Å². The number of carbonyl (C=O) groups excluding carboxylic acids is 1. The maximum absolute atomic E-state index is 12.6. The summed E-state index contributed by atoms with van der Waals surface area (Å²) >= 11 is 7.19. The smallest absolute Gasteiger partial charge is 0.203 e. The molecule has 3 aromatic carbocycles. The number of anilines is 2. The second-order valence-electron chi connectivity index (χ2n) is 7.13. The minimum absolute atomic E-state index is 0.0300. The summed E-state index contributed by atoms with van der Waals surface area (Å²) in [5.74, 6) is 2.31. The van der Waals surface area contributed by atoms with Crippen molar-refractivity contribution < 1.29 is 19.0 Å². The zero-order valence-corrected chi connectivity index (χ0v) is 20.4. The van der Waals surface area contributed by atoms with E-state index in [1.54, 1.807) is 57.7 Å². The molecule has 34 heavy (non-hydrogen) atoms. The second kappa shape index (κ2) is 10.6. The molecule has 4 aromatic rings. The number of para-hydroxylation sites is 1. The summed E-state index contributed by atoms with van der Waals surface area (Å²) in [6.07, 6.45) is 0. The maximum Gasteiger partial charge on any atom is 0.203 e. The van der Waals surface area contributed by atoms with E-state index in [1.807, 2.05) is 24.3 Å². The van der Waals surface area contributed by atoms with Gasteiger partial charge in [0.25, 0.3) is 0 Å². The molecular formula is C25H22ClN3O4S. The van der Waals surface area contributed by atoms with E-state index in [0.717, 1.165) is 10.9 Å². The molecule has 1 aromatic heterocycles. The standard InChI is InChI=1S/C25H22ClN3O4S/c1-31-21-12-17(13-22(32-2)23(21)33-3)27-24-18-6-4-5-7-19(18)28-25(29-24)34-14-20(30)15-8-10-16(26)11-9-15/h4-13H,14H2,1-3H3,(H,27,28,29). The first-order valence-corrected chi connectivity index (χ1v) is 11.6. The van der Waals surface area contributed by atoms with Crippen LogP contribution in [0.3, 0.4) is 0 Å². The largest absolute Gasteiger partial charge is 0.493 e. The Morgan fingerprint density at radius 1 is 0.941 bits per heavy atom. The zero-order chi connectivity index (χ0) is 24.1. The lowest BCUT2D eigenvalue weighted by molar-refractivity contribution is 0.102. The minimum Gasteiger partial charge on any atom is -0.493 e. The Hall–Kier alpha value is -3.49. The Morgan fingerprint density at radius 3 is 2.26 bits per heavy atom. The number of rotatable bonds is 9. The van der Waals surface area contributed by atoms with Crippen molar-refractivity contribution in [2.75, 3.05) is 32.4 Å². The number of hydrogen-bond donors (Lipinski definition) is 1. The van der Waals surface area contributed by atoms with Crippen LogP contribution in [0.1, 0.15) is 10.4 Å². The van der Waals surface area contributed by atoms with Crippen molar-refractivity contribution >= 4 is 51.6 Å². The van der Waals surface area contributed by atoms with Crippen molar-refractivity contribution in [2.45, 2.75) is 5.16 Å². The molecule has 0 aliphatic carbocycles. The van der Waals surface area contributed by atoms with Gasteiger partial charge in [-0.25, -0.2) is 9.97 Å². The number of nitrogens with zero attached hydrogens (tertiary/aromatic N) is 2. The molecule has 0 fully saturated rings. The molecule has 9 heteroatoms. The number of fused-ring (bicyclic) bond motifs is 1. The van der Waals surface area contributed by atoms with Crippen LogP contribution in [0.2, 0.25) is 5.02 Å².